The SMILES string of the molecule is Cc1cc(C[C@@H]2COC[C@@H]2NC(=O)c2nn(C)c(=O)c3ccccc23)on1. The van der Waals surface area contributed by atoms with E-state index in [1.54, 1.807) is 31.3 Å². The highest BCUT2D eigenvalue weighted by Gasteiger charge is 2.31. The first kappa shape index (κ1) is 17.4. The van der Waals surface area contributed by atoms with Crippen molar-refractivity contribution in [3.05, 3.63) is 57.8 Å². The van der Waals surface area contributed by atoms with Gasteiger partial charge in [0.1, 0.15) is 5.76 Å². The maximum atomic E-state index is 12.9. The molecule has 1 N–H and O–H groups in total. The molecule has 3 heterocycles. The molecule has 2 aromatic heterocycles. The van der Waals surface area contributed by atoms with Gasteiger partial charge in [-0.2, -0.15) is 5.10 Å². The van der Waals surface area contributed by atoms with Crippen molar-refractivity contribution in [3.63, 3.8) is 0 Å². The van der Waals surface area contributed by atoms with Crippen LogP contribution in [0, 0.1) is 12.8 Å². The molecule has 8 heteroatoms. The number of aryl methyl sites for hydroxylation is 2. The second kappa shape index (κ2) is 6.96. The van der Waals surface area contributed by atoms with Crippen LogP contribution < -0.4 is 10.9 Å². The Labute approximate surface area is 155 Å². The highest BCUT2D eigenvalue weighted by Crippen LogP contribution is 2.21. The van der Waals surface area contributed by atoms with Gasteiger partial charge in [-0.1, -0.05) is 23.4 Å². The van der Waals surface area contributed by atoms with Crippen LogP contribution in [-0.4, -0.2) is 40.1 Å². The zero-order valence-corrected chi connectivity index (χ0v) is 15.1. The molecule has 1 amide bonds. The van der Waals surface area contributed by atoms with E-state index in [-0.39, 0.29) is 29.1 Å². The Morgan fingerprint density at radius 3 is 2.81 bits per heavy atom. The van der Waals surface area contributed by atoms with Gasteiger partial charge in [0.05, 0.1) is 30.3 Å². The van der Waals surface area contributed by atoms with Crippen molar-refractivity contribution in [1.82, 2.24) is 20.3 Å². The van der Waals surface area contributed by atoms with Gasteiger partial charge < -0.3 is 14.6 Å². The van der Waals surface area contributed by atoms with E-state index in [4.69, 9.17) is 9.26 Å². The Hall–Kier alpha value is -3.00. The van der Waals surface area contributed by atoms with Crippen molar-refractivity contribution in [2.24, 2.45) is 13.0 Å². The number of carbonyl (C=O) groups is 1. The summed E-state index contributed by atoms with van der Waals surface area (Å²) in [5, 5.41) is 12.1. The lowest BCUT2D eigenvalue weighted by Crippen LogP contribution is -2.41. The molecule has 0 bridgehead atoms. The number of aromatic nitrogens is 3. The molecule has 0 saturated carbocycles. The van der Waals surface area contributed by atoms with Crippen LogP contribution in [-0.2, 0) is 18.2 Å². The Morgan fingerprint density at radius 2 is 2.07 bits per heavy atom. The molecule has 8 nitrogen and oxygen atoms in total. The monoisotopic (exact) mass is 368 g/mol. The molecule has 3 aromatic rings. The molecular weight excluding hydrogens is 348 g/mol. The molecule has 0 spiro atoms. The predicted octanol–water partition coefficient (Wildman–Crippen LogP) is 1.22. The number of fused-ring (bicyclic) bond motifs is 1. The zero-order chi connectivity index (χ0) is 19.0. The lowest BCUT2D eigenvalue weighted by Gasteiger charge is -2.18. The van der Waals surface area contributed by atoms with Gasteiger partial charge in [0.2, 0.25) is 0 Å². The van der Waals surface area contributed by atoms with Crippen molar-refractivity contribution in [3.8, 4) is 0 Å². The average molecular weight is 368 g/mol. The largest absolute Gasteiger partial charge is 0.379 e. The van der Waals surface area contributed by atoms with Crippen molar-refractivity contribution in [2.75, 3.05) is 13.2 Å². The average Bonchev–Trinajstić information content (AvgIpc) is 3.27. The fourth-order valence-corrected chi connectivity index (χ4v) is 3.43. The van der Waals surface area contributed by atoms with E-state index in [1.807, 2.05) is 13.0 Å². The third kappa shape index (κ3) is 3.35. The molecule has 1 aromatic carbocycles. The van der Waals surface area contributed by atoms with Gasteiger partial charge in [0.25, 0.3) is 11.5 Å². The Morgan fingerprint density at radius 1 is 1.30 bits per heavy atom. The van der Waals surface area contributed by atoms with Gasteiger partial charge >= 0.3 is 0 Å². The van der Waals surface area contributed by atoms with Crippen molar-refractivity contribution in [2.45, 2.75) is 19.4 Å². The van der Waals surface area contributed by atoms with E-state index < -0.39 is 0 Å². The molecule has 2 atom stereocenters. The number of carbonyl (C=O) groups excluding carboxylic acids is 1. The Bertz CT molecular complexity index is 1060. The number of amides is 1. The minimum absolute atomic E-state index is 0.0834. The Balaban J connectivity index is 1.58. The normalized spacial score (nSPS) is 19.5. The summed E-state index contributed by atoms with van der Waals surface area (Å²) < 4.78 is 12.0. The van der Waals surface area contributed by atoms with Crippen LogP contribution in [0.1, 0.15) is 21.9 Å². The molecule has 1 aliphatic rings. The van der Waals surface area contributed by atoms with E-state index in [0.717, 1.165) is 11.5 Å². The third-order valence-corrected chi connectivity index (χ3v) is 4.83. The lowest BCUT2D eigenvalue weighted by molar-refractivity contribution is 0.0919. The number of nitrogens with one attached hydrogen (secondary N) is 1. The summed E-state index contributed by atoms with van der Waals surface area (Å²) in [6.07, 6.45) is 0.632. The van der Waals surface area contributed by atoms with E-state index in [9.17, 15) is 9.59 Å². The molecular formula is C19H20N4O4. The van der Waals surface area contributed by atoms with Crippen LogP contribution >= 0.6 is 0 Å². The maximum Gasteiger partial charge on any atom is 0.274 e. The topological polar surface area (TPSA) is 99.2 Å². The summed E-state index contributed by atoms with van der Waals surface area (Å²) in [4.78, 5) is 25.1. The van der Waals surface area contributed by atoms with Crippen LogP contribution in [0.15, 0.2) is 39.6 Å². The molecule has 4 rings (SSSR count). The standard InChI is InChI=1S/C19H20N4O4/c1-11-7-13(27-22-11)8-12-9-26-10-16(12)20-18(24)17-14-5-3-4-6-15(14)19(25)23(2)21-17/h3-7,12,16H,8-10H2,1-2H3,(H,20,24)/t12-,16+/m1/s1. The van der Waals surface area contributed by atoms with Gasteiger partial charge in [-0.05, 0) is 13.0 Å². The number of rotatable bonds is 4. The van der Waals surface area contributed by atoms with Crippen LogP contribution in [0.5, 0.6) is 0 Å². The fourth-order valence-electron chi connectivity index (χ4n) is 3.43. The number of benzene rings is 1. The number of hydrogen-bond acceptors (Lipinski definition) is 6. The molecule has 0 radical (unpaired) electrons. The number of nitrogens with zero attached hydrogens (tertiary/aromatic N) is 3. The lowest BCUT2D eigenvalue weighted by atomic mass is 9.98. The van der Waals surface area contributed by atoms with E-state index in [1.165, 1.54) is 4.68 Å². The molecule has 0 aliphatic carbocycles. The summed E-state index contributed by atoms with van der Waals surface area (Å²) in [6.45, 7) is 2.83. The smallest absolute Gasteiger partial charge is 0.274 e. The van der Waals surface area contributed by atoms with Gasteiger partial charge in [0, 0.05) is 30.8 Å². The highest BCUT2D eigenvalue weighted by molar-refractivity contribution is 6.04. The van der Waals surface area contributed by atoms with E-state index in [2.05, 4.69) is 15.6 Å². The molecule has 27 heavy (non-hydrogen) atoms. The van der Waals surface area contributed by atoms with Crippen molar-refractivity contribution < 1.29 is 14.1 Å². The molecule has 1 fully saturated rings. The third-order valence-electron chi connectivity index (χ3n) is 4.83. The fraction of sp³-hybridized carbons (Fsp3) is 0.368. The van der Waals surface area contributed by atoms with Crippen molar-refractivity contribution >= 4 is 16.7 Å². The van der Waals surface area contributed by atoms with Crippen LogP contribution in [0.4, 0.5) is 0 Å². The summed E-state index contributed by atoms with van der Waals surface area (Å²) >= 11 is 0. The second-order valence-electron chi connectivity index (χ2n) is 6.84. The predicted molar refractivity (Wildman–Crippen MR) is 97.5 cm³/mol. The van der Waals surface area contributed by atoms with Gasteiger partial charge in [-0.3, -0.25) is 9.59 Å². The molecule has 140 valence electrons. The van der Waals surface area contributed by atoms with E-state index >= 15 is 0 Å². The van der Waals surface area contributed by atoms with Crippen LogP contribution in [0.3, 0.4) is 0 Å². The van der Waals surface area contributed by atoms with Crippen LogP contribution in [0.2, 0.25) is 0 Å². The summed E-state index contributed by atoms with van der Waals surface area (Å²) in [6, 6.07) is 8.71. The zero-order valence-electron chi connectivity index (χ0n) is 15.1. The minimum atomic E-state index is -0.323. The van der Waals surface area contributed by atoms with Gasteiger partial charge in [0.15, 0.2) is 5.69 Å². The first-order valence-electron chi connectivity index (χ1n) is 8.80. The molecule has 1 saturated heterocycles. The molecule has 1 aliphatic heterocycles. The molecule has 0 unspecified atom stereocenters. The summed E-state index contributed by atoms with van der Waals surface area (Å²) in [5.74, 6) is 0.532. The quantitative estimate of drug-likeness (QED) is 0.743. The van der Waals surface area contributed by atoms with Crippen LogP contribution in [0.25, 0.3) is 10.8 Å². The van der Waals surface area contributed by atoms with Gasteiger partial charge in [-0.15, -0.1) is 0 Å². The summed E-state index contributed by atoms with van der Waals surface area (Å²) in [5.41, 5.74) is 0.823. The first-order chi connectivity index (χ1) is 13.0. The van der Waals surface area contributed by atoms with Gasteiger partial charge in [-0.25, -0.2) is 4.68 Å². The maximum absolute atomic E-state index is 12.9. The first-order valence-corrected chi connectivity index (χ1v) is 8.80. The highest BCUT2D eigenvalue weighted by atomic mass is 16.5. The van der Waals surface area contributed by atoms with Crippen molar-refractivity contribution in [1.29, 1.82) is 0 Å². The second-order valence-corrected chi connectivity index (χ2v) is 6.84. The minimum Gasteiger partial charge on any atom is -0.379 e. The Kier molecular flexibility index (Phi) is 4.49. The summed E-state index contributed by atoms with van der Waals surface area (Å²) in [7, 11) is 1.54. The number of ether oxygens (including phenoxy) is 1. The van der Waals surface area contributed by atoms with E-state index in [0.29, 0.717) is 30.4 Å². The number of hydrogen-bond donors (Lipinski definition) is 1.